The number of methoxy groups -OCH3 is 1. The Bertz CT molecular complexity index is 529. The van der Waals surface area contributed by atoms with Gasteiger partial charge in [0, 0.05) is 16.9 Å². The van der Waals surface area contributed by atoms with Gasteiger partial charge >= 0.3 is 0 Å². The highest BCUT2D eigenvalue weighted by Gasteiger charge is 2.12. The van der Waals surface area contributed by atoms with Crippen molar-refractivity contribution < 1.29 is 9.15 Å². The van der Waals surface area contributed by atoms with Crippen molar-refractivity contribution in [1.82, 2.24) is 5.43 Å². The highest BCUT2D eigenvalue weighted by atomic mass is 79.9. The van der Waals surface area contributed by atoms with E-state index < -0.39 is 0 Å². The van der Waals surface area contributed by atoms with Gasteiger partial charge < -0.3 is 9.15 Å². The smallest absolute Gasteiger partial charge is 0.122 e. The summed E-state index contributed by atoms with van der Waals surface area (Å²) >= 11 is 3.49. The molecule has 0 saturated heterocycles. The first kappa shape index (κ1) is 15.1. The molecule has 0 amide bonds. The van der Waals surface area contributed by atoms with Gasteiger partial charge in [-0.05, 0) is 48.7 Å². The first-order valence-electron chi connectivity index (χ1n) is 6.54. The number of furan rings is 1. The van der Waals surface area contributed by atoms with Crippen LogP contribution < -0.4 is 16.0 Å². The number of rotatable bonds is 7. The summed E-state index contributed by atoms with van der Waals surface area (Å²) in [6, 6.07) is 10.0. The fraction of sp³-hybridized carbons (Fsp3) is 0.333. The molecule has 1 atom stereocenters. The lowest BCUT2D eigenvalue weighted by Gasteiger charge is -2.17. The second-order valence-electron chi connectivity index (χ2n) is 4.64. The number of ether oxygens (including phenoxy) is 1. The number of aryl methyl sites for hydroxylation is 1. The van der Waals surface area contributed by atoms with E-state index in [1.807, 2.05) is 24.3 Å². The number of hydrogen-bond acceptors (Lipinski definition) is 4. The summed E-state index contributed by atoms with van der Waals surface area (Å²) in [4.78, 5) is 0. The third-order valence-electron chi connectivity index (χ3n) is 3.26. The zero-order valence-electron chi connectivity index (χ0n) is 11.4. The van der Waals surface area contributed by atoms with Crippen LogP contribution in [0, 0.1) is 0 Å². The molecule has 108 valence electrons. The van der Waals surface area contributed by atoms with Crippen molar-refractivity contribution in [1.29, 1.82) is 0 Å². The molecule has 0 aliphatic heterocycles. The van der Waals surface area contributed by atoms with Crippen LogP contribution in [-0.2, 0) is 12.8 Å². The third-order valence-corrected chi connectivity index (χ3v) is 3.76. The molecule has 1 unspecified atom stereocenters. The average Bonchev–Trinajstić information content (AvgIpc) is 2.97. The fourth-order valence-corrected chi connectivity index (χ4v) is 2.60. The van der Waals surface area contributed by atoms with Gasteiger partial charge in [-0.2, -0.15) is 0 Å². The SMILES string of the molecule is COc1ccc(Br)cc1CC(CCc1ccco1)NN. The normalized spacial score (nSPS) is 12.3. The number of nitrogens with two attached hydrogens (primary N) is 1. The van der Waals surface area contributed by atoms with E-state index in [1.54, 1.807) is 13.4 Å². The Hall–Kier alpha value is -1.30. The van der Waals surface area contributed by atoms with E-state index in [0.717, 1.165) is 40.8 Å². The maximum absolute atomic E-state index is 5.66. The topological polar surface area (TPSA) is 60.4 Å². The maximum atomic E-state index is 5.66. The molecular weight excluding hydrogens is 320 g/mol. The van der Waals surface area contributed by atoms with Crippen molar-refractivity contribution in [2.45, 2.75) is 25.3 Å². The van der Waals surface area contributed by atoms with E-state index in [9.17, 15) is 0 Å². The minimum atomic E-state index is 0.170. The summed E-state index contributed by atoms with van der Waals surface area (Å²) < 4.78 is 11.8. The summed E-state index contributed by atoms with van der Waals surface area (Å²) in [6.45, 7) is 0. The second kappa shape index (κ2) is 7.47. The Morgan fingerprint density at radius 1 is 1.40 bits per heavy atom. The zero-order valence-corrected chi connectivity index (χ0v) is 13.0. The van der Waals surface area contributed by atoms with Gasteiger partial charge in [0.15, 0.2) is 0 Å². The van der Waals surface area contributed by atoms with Gasteiger partial charge in [0.05, 0.1) is 13.4 Å². The molecular formula is C15H19BrN2O2. The summed E-state index contributed by atoms with van der Waals surface area (Å²) in [5, 5.41) is 0. The lowest BCUT2D eigenvalue weighted by Crippen LogP contribution is -2.37. The van der Waals surface area contributed by atoms with Crippen LogP contribution in [0.2, 0.25) is 0 Å². The van der Waals surface area contributed by atoms with Gasteiger partial charge in [0.1, 0.15) is 11.5 Å². The lowest BCUT2D eigenvalue weighted by atomic mass is 10.0. The highest BCUT2D eigenvalue weighted by molar-refractivity contribution is 9.10. The first-order chi connectivity index (χ1) is 9.72. The van der Waals surface area contributed by atoms with E-state index in [1.165, 1.54) is 0 Å². The molecule has 0 aliphatic rings. The zero-order chi connectivity index (χ0) is 14.4. The Morgan fingerprint density at radius 3 is 2.90 bits per heavy atom. The molecule has 4 nitrogen and oxygen atoms in total. The first-order valence-corrected chi connectivity index (χ1v) is 7.33. The van der Waals surface area contributed by atoms with Crippen LogP contribution in [0.3, 0.4) is 0 Å². The van der Waals surface area contributed by atoms with Crippen molar-refractivity contribution in [3.05, 3.63) is 52.4 Å². The van der Waals surface area contributed by atoms with Gasteiger partial charge in [-0.25, -0.2) is 0 Å². The molecule has 3 N–H and O–H groups in total. The van der Waals surface area contributed by atoms with Crippen molar-refractivity contribution in [3.63, 3.8) is 0 Å². The Balaban J connectivity index is 2.00. The van der Waals surface area contributed by atoms with E-state index in [0.29, 0.717) is 0 Å². The lowest BCUT2D eigenvalue weighted by molar-refractivity contribution is 0.400. The molecule has 1 aromatic carbocycles. The Morgan fingerprint density at radius 2 is 2.25 bits per heavy atom. The standard InChI is InChI=1S/C15H19BrN2O2/c1-19-15-7-4-12(16)9-11(15)10-13(18-17)5-6-14-3-2-8-20-14/h2-4,7-9,13,18H,5-6,10,17H2,1H3. The van der Waals surface area contributed by atoms with E-state index >= 15 is 0 Å². The minimum Gasteiger partial charge on any atom is -0.496 e. The molecule has 20 heavy (non-hydrogen) atoms. The highest BCUT2D eigenvalue weighted by Crippen LogP contribution is 2.24. The molecule has 2 rings (SSSR count). The number of benzene rings is 1. The number of hydrogen-bond donors (Lipinski definition) is 2. The van der Waals surface area contributed by atoms with Crippen LogP contribution in [-0.4, -0.2) is 13.2 Å². The second-order valence-corrected chi connectivity index (χ2v) is 5.56. The van der Waals surface area contributed by atoms with Crippen LogP contribution >= 0.6 is 15.9 Å². The van der Waals surface area contributed by atoms with Gasteiger partial charge in [-0.3, -0.25) is 11.3 Å². The van der Waals surface area contributed by atoms with Crippen LogP contribution in [0.15, 0.2) is 45.5 Å². The van der Waals surface area contributed by atoms with Crippen molar-refractivity contribution >= 4 is 15.9 Å². The Kier molecular flexibility index (Phi) is 5.64. The fourth-order valence-electron chi connectivity index (χ4n) is 2.19. The van der Waals surface area contributed by atoms with E-state index in [-0.39, 0.29) is 6.04 Å². The van der Waals surface area contributed by atoms with Crippen molar-refractivity contribution in [2.75, 3.05) is 7.11 Å². The molecule has 0 bridgehead atoms. The molecule has 0 spiro atoms. The number of halogens is 1. The van der Waals surface area contributed by atoms with Gasteiger partial charge in [0.2, 0.25) is 0 Å². The summed E-state index contributed by atoms with van der Waals surface area (Å²) in [7, 11) is 1.68. The molecule has 1 heterocycles. The third kappa shape index (κ3) is 4.10. The summed E-state index contributed by atoms with van der Waals surface area (Å²) in [5.74, 6) is 7.52. The van der Waals surface area contributed by atoms with Gasteiger partial charge in [-0.1, -0.05) is 15.9 Å². The molecule has 0 aliphatic carbocycles. The molecule has 0 saturated carbocycles. The van der Waals surface area contributed by atoms with Crippen LogP contribution in [0.5, 0.6) is 5.75 Å². The van der Waals surface area contributed by atoms with Crippen LogP contribution in [0.25, 0.3) is 0 Å². The Labute approximate surface area is 127 Å². The number of nitrogens with one attached hydrogen (secondary N) is 1. The summed E-state index contributed by atoms with van der Waals surface area (Å²) in [6.07, 6.45) is 4.26. The molecule has 0 fully saturated rings. The van der Waals surface area contributed by atoms with Crippen LogP contribution in [0.1, 0.15) is 17.7 Å². The maximum Gasteiger partial charge on any atom is 0.122 e. The average molecular weight is 339 g/mol. The van der Waals surface area contributed by atoms with Crippen molar-refractivity contribution in [3.8, 4) is 5.75 Å². The van der Waals surface area contributed by atoms with E-state index in [4.69, 9.17) is 15.0 Å². The van der Waals surface area contributed by atoms with Crippen LogP contribution in [0.4, 0.5) is 0 Å². The minimum absolute atomic E-state index is 0.170. The largest absolute Gasteiger partial charge is 0.496 e. The number of hydrazine groups is 1. The predicted octanol–water partition coefficient (Wildman–Crippen LogP) is 3.06. The predicted molar refractivity (Wildman–Crippen MR) is 82.5 cm³/mol. The van der Waals surface area contributed by atoms with Crippen molar-refractivity contribution in [2.24, 2.45) is 5.84 Å². The monoisotopic (exact) mass is 338 g/mol. The summed E-state index contributed by atoms with van der Waals surface area (Å²) in [5.41, 5.74) is 4.00. The molecule has 1 aromatic heterocycles. The molecule has 0 radical (unpaired) electrons. The molecule has 5 heteroatoms. The van der Waals surface area contributed by atoms with E-state index in [2.05, 4.69) is 27.4 Å². The van der Waals surface area contributed by atoms with Gasteiger partial charge in [0.25, 0.3) is 0 Å². The molecule has 2 aromatic rings. The van der Waals surface area contributed by atoms with Gasteiger partial charge in [-0.15, -0.1) is 0 Å². The quantitative estimate of drug-likeness (QED) is 0.601.